The predicted octanol–water partition coefficient (Wildman–Crippen LogP) is 4.72. The van der Waals surface area contributed by atoms with Gasteiger partial charge in [0.15, 0.2) is 0 Å². The lowest BCUT2D eigenvalue weighted by molar-refractivity contribution is 0.0957. The van der Waals surface area contributed by atoms with Gasteiger partial charge in [0.05, 0.1) is 22.2 Å². The molecule has 0 atom stereocenters. The number of aryl methyl sites for hydroxylation is 1. The van der Waals surface area contributed by atoms with Crippen molar-refractivity contribution in [3.05, 3.63) is 77.7 Å². The van der Waals surface area contributed by atoms with Crippen LogP contribution in [0, 0.1) is 5.82 Å². The number of nitrogens with zero attached hydrogens (tertiary/aromatic N) is 2. The molecule has 1 N–H and O–H groups in total. The van der Waals surface area contributed by atoms with E-state index in [1.807, 2.05) is 42.7 Å². The molecule has 6 heteroatoms. The van der Waals surface area contributed by atoms with Gasteiger partial charge in [-0.2, -0.15) is 0 Å². The van der Waals surface area contributed by atoms with E-state index in [9.17, 15) is 9.18 Å². The second-order valence-corrected chi connectivity index (χ2v) is 7.29. The SMILES string of the molecule is O=C(NCCCn1cnc2ccccc21)c1ccc(-c2ccc(F)cc2)s1. The minimum absolute atomic E-state index is 0.0798. The van der Waals surface area contributed by atoms with Gasteiger partial charge in [-0.05, 0) is 48.4 Å². The normalized spacial score (nSPS) is 11.0. The zero-order valence-corrected chi connectivity index (χ0v) is 15.4. The maximum Gasteiger partial charge on any atom is 0.261 e. The Balaban J connectivity index is 1.31. The highest BCUT2D eigenvalue weighted by Crippen LogP contribution is 2.28. The molecule has 0 bridgehead atoms. The molecule has 4 rings (SSSR count). The smallest absolute Gasteiger partial charge is 0.261 e. The van der Waals surface area contributed by atoms with Crippen LogP contribution in [0.4, 0.5) is 4.39 Å². The summed E-state index contributed by atoms with van der Waals surface area (Å²) in [6, 6.07) is 18.0. The highest BCUT2D eigenvalue weighted by molar-refractivity contribution is 7.17. The largest absolute Gasteiger partial charge is 0.351 e. The van der Waals surface area contributed by atoms with Crippen molar-refractivity contribution < 1.29 is 9.18 Å². The van der Waals surface area contributed by atoms with Crippen molar-refractivity contribution in [1.29, 1.82) is 0 Å². The molecule has 2 heterocycles. The molecule has 2 aromatic heterocycles. The summed E-state index contributed by atoms with van der Waals surface area (Å²) in [6.45, 7) is 1.39. The summed E-state index contributed by atoms with van der Waals surface area (Å²) in [4.78, 5) is 18.3. The highest BCUT2D eigenvalue weighted by atomic mass is 32.1. The van der Waals surface area contributed by atoms with Gasteiger partial charge in [-0.3, -0.25) is 4.79 Å². The second kappa shape index (κ2) is 7.72. The van der Waals surface area contributed by atoms with Crippen LogP contribution in [-0.4, -0.2) is 22.0 Å². The Morgan fingerprint density at radius 1 is 1.07 bits per heavy atom. The van der Waals surface area contributed by atoms with Crippen molar-refractivity contribution >= 4 is 28.3 Å². The number of halogens is 1. The van der Waals surface area contributed by atoms with Gasteiger partial charge in [-0.15, -0.1) is 11.3 Å². The van der Waals surface area contributed by atoms with Gasteiger partial charge in [0, 0.05) is 18.0 Å². The number of carbonyl (C=O) groups is 1. The number of carbonyl (C=O) groups excluding carboxylic acids is 1. The third-order valence-electron chi connectivity index (χ3n) is 4.35. The number of rotatable bonds is 6. The standard InChI is InChI=1S/C21H18FN3OS/c22-16-8-6-15(7-9-16)19-10-11-20(27-19)21(26)23-12-3-13-25-14-24-17-4-1-2-5-18(17)25/h1-2,4-11,14H,3,12-13H2,(H,23,26). The van der Waals surface area contributed by atoms with E-state index in [0.717, 1.165) is 34.4 Å². The van der Waals surface area contributed by atoms with Crippen molar-refractivity contribution in [3.8, 4) is 10.4 Å². The maximum absolute atomic E-state index is 13.0. The monoisotopic (exact) mass is 379 g/mol. The van der Waals surface area contributed by atoms with Crippen LogP contribution >= 0.6 is 11.3 Å². The van der Waals surface area contributed by atoms with E-state index in [-0.39, 0.29) is 11.7 Å². The van der Waals surface area contributed by atoms with Crippen LogP contribution in [-0.2, 0) is 6.54 Å². The van der Waals surface area contributed by atoms with Crippen LogP contribution < -0.4 is 5.32 Å². The van der Waals surface area contributed by atoms with Crippen molar-refractivity contribution in [1.82, 2.24) is 14.9 Å². The first kappa shape index (κ1) is 17.4. The minimum Gasteiger partial charge on any atom is -0.351 e. The van der Waals surface area contributed by atoms with Gasteiger partial charge in [0.25, 0.3) is 5.91 Å². The van der Waals surface area contributed by atoms with E-state index in [1.165, 1.54) is 23.5 Å². The number of nitrogens with one attached hydrogen (secondary N) is 1. The summed E-state index contributed by atoms with van der Waals surface area (Å²) >= 11 is 1.41. The predicted molar refractivity (Wildman–Crippen MR) is 106 cm³/mol. The molecule has 0 spiro atoms. The van der Waals surface area contributed by atoms with Crippen molar-refractivity contribution in [2.45, 2.75) is 13.0 Å². The number of benzene rings is 2. The molecule has 0 radical (unpaired) electrons. The average Bonchev–Trinajstić information content (AvgIpc) is 3.33. The number of fused-ring (bicyclic) bond motifs is 1. The number of thiophene rings is 1. The Hall–Kier alpha value is -2.99. The number of hydrogen-bond donors (Lipinski definition) is 1. The Morgan fingerprint density at radius 2 is 1.89 bits per heavy atom. The van der Waals surface area contributed by atoms with Gasteiger partial charge in [-0.1, -0.05) is 24.3 Å². The van der Waals surface area contributed by atoms with Gasteiger partial charge < -0.3 is 9.88 Å². The van der Waals surface area contributed by atoms with Gasteiger partial charge in [0.1, 0.15) is 5.82 Å². The van der Waals surface area contributed by atoms with E-state index in [0.29, 0.717) is 11.4 Å². The number of aromatic nitrogens is 2. The first-order valence-electron chi connectivity index (χ1n) is 8.74. The van der Waals surface area contributed by atoms with E-state index in [4.69, 9.17) is 0 Å². The number of amides is 1. The maximum atomic E-state index is 13.0. The molecule has 27 heavy (non-hydrogen) atoms. The molecule has 0 saturated carbocycles. The lowest BCUT2D eigenvalue weighted by Gasteiger charge is -2.06. The minimum atomic E-state index is -0.265. The van der Waals surface area contributed by atoms with Crippen molar-refractivity contribution in [2.24, 2.45) is 0 Å². The Morgan fingerprint density at radius 3 is 2.74 bits per heavy atom. The Kier molecular flexibility index (Phi) is 4.98. The molecule has 4 nitrogen and oxygen atoms in total. The van der Waals surface area contributed by atoms with Gasteiger partial charge in [0.2, 0.25) is 0 Å². The first-order valence-corrected chi connectivity index (χ1v) is 9.56. The lowest BCUT2D eigenvalue weighted by Crippen LogP contribution is -2.24. The number of imidazole rings is 1. The first-order chi connectivity index (χ1) is 13.2. The van der Waals surface area contributed by atoms with E-state index in [1.54, 1.807) is 12.1 Å². The Bertz CT molecular complexity index is 1070. The molecule has 0 aliphatic carbocycles. The third kappa shape index (κ3) is 3.90. The highest BCUT2D eigenvalue weighted by Gasteiger charge is 2.10. The quantitative estimate of drug-likeness (QED) is 0.493. The number of hydrogen-bond acceptors (Lipinski definition) is 3. The van der Waals surface area contributed by atoms with Crippen LogP contribution in [0.25, 0.3) is 21.5 Å². The van der Waals surface area contributed by atoms with Gasteiger partial charge in [-0.25, -0.2) is 9.37 Å². The molecular formula is C21H18FN3OS. The molecule has 2 aromatic carbocycles. The van der Waals surface area contributed by atoms with E-state index >= 15 is 0 Å². The zero-order valence-electron chi connectivity index (χ0n) is 14.6. The topological polar surface area (TPSA) is 46.9 Å². The summed E-state index contributed by atoms with van der Waals surface area (Å²) in [6.07, 6.45) is 2.66. The molecular weight excluding hydrogens is 361 g/mol. The molecule has 4 aromatic rings. The summed E-state index contributed by atoms with van der Waals surface area (Å²) in [5, 5.41) is 2.96. The second-order valence-electron chi connectivity index (χ2n) is 6.21. The summed E-state index contributed by atoms with van der Waals surface area (Å²) in [7, 11) is 0. The van der Waals surface area contributed by atoms with Crippen molar-refractivity contribution in [3.63, 3.8) is 0 Å². The van der Waals surface area contributed by atoms with Crippen LogP contribution in [0.5, 0.6) is 0 Å². The fraction of sp³-hybridized carbons (Fsp3) is 0.143. The average molecular weight is 379 g/mol. The molecule has 0 fully saturated rings. The molecule has 0 unspecified atom stereocenters. The summed E-state index contributed by atoms with van der Waals surface area (Å²) in [5.74, 6) is -0.345. The van der Waals surface area contributed by atoms with Gasteiger partial charge >= 0.3 is 0 Å². The zero-order chi connectivity index (χ0) is 18.6. The molecule has 1 amide bonds. The number of para-hydroxylation sites is 2. The molecule has 0 aliphatic rings. The van der Waals surface area contributed by atoms with Crippen LogP contribution in [0.15, 0.2) is 67.0 Å². The summed E-state index contributed by atoms with van der Waals surface area (Å²) in [5.41, 5.74) is 2.99. The fourth-order valence-corrected chi connectivity index (χ4v) is 3.88. The van der Waals surface area contributed by atoms with Crippen LogP contribution in [0.1, 0.15) is 16.1 Å². The fourth-order valence-electron chi connectivity index (χ4n) is 2.96. The van der Waals surface area contributed by atoms with Crippen molar-refractivity contribution in [2.75, 3.05) is 6.54 Å². The van der Waals surface area contributed by atoms with E-state index < -0.39 is 0 Å². The molecule has 0 saturated heterocycles. The lowest BCUT2D eigenvalue weighted by atomic mass is 10.2. The molecule has 136 valence electrons. The Labute approximate surface area is 160 Å². The van der Waals surface area contributed by atoms with Crippen LogP contribution in [0.2, 0.25) is 0 Å². The molecule has 0 aliphatic heterocycles. The third-order valence-corrected chi connectivity index (χ3v) is 5.48. The summed E-state index contributed by atoms with van der Waals surface area (Å²) < 4.78 is 15.1. The van der Waals surface area contributed by atoms with Crippen LogP contribution in [0.3, 0.4) is 0 Å². The van der Waals surface area contributed by atoms with E-state index in [2.05, 4.69) is 14.9 Å².